The summed E-state index contributed by atoms with van der Waals surface area (Å²) in [6.07, 6.45) is 3.22. The van der Waals surface area contributed by atoms with Gasteiger partial charge in [-0.15, -0.1) is 0 Å². The Morgan fingerprint density at radius 1 is 1.33 bits per heavy atom. The quantitative estimate of drug-likeness (QED) is 0.566. The summed E-state index contributed by atoms with van der Waals surface area (Å²) in [6, 6.07) is 8.44. The summed E-state index contributed by atoms with van der Waals surface area (Å²) in [5.74, 6) is 0.488. The van der Waals surface area contributed by atoms with E-state index in [0.29, 0.717) is 5.92 Å². The maximum Gasteiger partial charge on any atom is 0.161 e. The van der Waals surface area contributed by atoms with Gasteiger partial charge in [-0.3, -0.25) is 0 Å². The number of nitrogens with zero attached hydrogens (tertiary/aromatic N) is 1. The monoisotopic (exact) mass is 159 g/mol. The molecule has 2 nitrogen and oxygen atoms in total. The summed E-state index contributed by atoms with van der Waals surface area (Å²) in [4.78, 5) is 5.27. The summed E-state index contributed by atoms with van der Waals surface area (Å²) in [7, 11) is 0. The summed E-state index contributed by atoms with van der Waals surface area (Å²) < 4.78 is 0. The Morgan fingerprint density at radius 3 is 3.25 bits per heavy atom. The molecule has 0 aromatic heterocycles. The zero-order chi connectivity index (χ0) is 7.97. The molecular formula is C10H9NO. The van der Waals surface area contributed by atoms with Gasteiger partial charge in [0.15, 0.2) is 6.10 Å². The van der Waals surface area contributed by atoms with E-state index in [1.807, 2.05) is 6.21 Å². The van der Waals surface area contributed by atoms with Crippen LogP contribution in [0.25, 0.3) is 0 Å². The van der Waals surface area contributed by atoms with Crippen molar-refractivity contribution in [2.75, 3.05) is 0 Å². The Labute approximate surface area is 70.8 Å². The lowest BCUT2D eigenvalue weighted by Gasteiger charge is -2.06. The fourth-order valence-electron chi connectivity index (χ4n) is 2.03. The van der Waals surface area contributed by atoms with Crippen molar-refractivity contribution in [1.29, 1.82) is 0 Å². The SMILES string of the molecule is C1=NOC2c3ccccc3CC12. The van der Waals surface area contributed by atoms with E-state index in [0.717, 1.165) is 6.42 Å². The minimum Gasteiger partial charge on any atom is -0.387 e. The second kappa shape index (κ2) is 2.09. The predicted octanol–water partition coefficient (Wildman–Crippen LogP) is 1.92. The molecule has 0 spiro atoms. The van der Waals surface area contributed by atoms with Crippen LogP contribution in [0, 0.1) is 5.92 Å². The molecule has 2 heteroatoms. The highest BCUT2D eigenvalue weighted by Gasteiger charge is 2.36. The van der Waals surface area contributed by atoms with Crippen molar-refractivity contribution >= 4 is 6.21 Å². The normalized spacial score (nSPS) is 29.7. The molecular weight excluding hydrogens is 150 g/mol. The standard InChI is InChI=1S/C10H9NO/c1-2-4-9-7(3-1)5-8-6-11-12-10(8)9/h1-4,6,8,10H,5H2. The van der Waals surface area contributed by atoms with Crippen LogP contribution in [0.1, 0.15) is 17.2 Å². The Hall–Kier alpha value is -1.31. The molecule has 1 aliphatic heterocycles. The van der Waals surface area contributed by atoms with Crippen molar-refractivity contribution in [2.45, 2.75) is 12.5 Å². The van der Waals surface area contributed by atoms with Crippen molar-refractivity contribution in [2.24, 2.45) is 11.1 Å². The van der Waals surface area contributed by atoms with Gasteiger partial charge in [0.05, 0.1) is 6.21 Å². The molecule has 0 N–H and O–H groups in total. The molecule has 1 aromatic rings. The van der Waals surface area contributed by atoms with Crippen LogP contribution in [0.2, 0.25) is 0 Å². The molecule has 60 valence electrons. The molecule has 0 saturated heterocycles. The van der Waals surface area contributed by atoms with Crippen LogP contribution >= 0.6 is 0 Å². The van der Waals surface area contributed by atoms with Gasteiger partial charge in [0.2, 0.25) is 0 Å². The molecule has 1 heterocycles. The minimum atomic E-state index is 0.209. The first-order valence-corrected chi connectivity index (χ1v) is 4.22. The van der Waals surface area contributed by atoms with Crippen molar-refractivity contribution in [3.63, 3.8) is 0 Å². The van der Waals surface area contributed by atoms with Crippen LogP contribution in [0.3, 0.4) is 0 Å². The minimum absolute atomic E-state index is 0.209. The molecule has 0 radical (unpaired) electrons. The maximum atomic E-state index is 5.27. The van der Waals surface area contributed by atoms with Crippen LogP contribution < -0.4 is 0 Å². The molecule has 2 aliphatic rings. The Balaban J connectivity index is 2.12. The number of rotatable bonds is 0. The second-order valence-corrected chi connectivity index (χ2v) is 3.35. The topological polar surface area (TPSA) is 21.6 Å². The Kier molecular flexibility index (Phi) is 1.09. The van der Waals surface area contributed by atoms with Gasteiger partial charge in [-0.05, 0) is 17.5 Å². The van der Waals surface area contributed by atoms with E-state index < -0.39 is 0 Å². The number of fused-ring (bicyclic) bond motifs is 3. The highest BCUT2D eigenvalue weighted by atomic mass is 16.6. The van der Waals surface area contributed by atoms with E-state index in [1.54, 1.807) is 0 Å². The van der Waals surface area contributed by atoms with Gasteiger partial charge in [-0.1, -0.05) is 29.4 Å². The van der Waals surface area contributed by atoms with Crippen molar-refractivity contribution in [1.82, 2.24) is 0 Å². The van der Waals surface area contributed by atoms with Crippen molar-refractivity contribution < 1.29 is 4.84 Å². The molecule has 2 atom stereocenters. The van der Waals surface area contributed by atoms with E-state index >= 15 is 0 Å². The first-order valence-electron chi connectivity index (χ1n) is 4.22. The van der Waals surface area contributed by atoms with Gasteiger partial charge in [-0.25, -0.2) is 0 Å². The number of benzene rings is 1. The highest BCUT2D eigenvalue weighted by molar-refractivity contribution is 5.66. The molecule has 3 rings (SSSR count). The summed E-state index contributed by atoms with van der Waals surface area (Å²) in [6.45, 7) is 0. The maximum absolute atomic E-state index is 5.27. The third-order valence-corrected chi connectivity index (χ3v) is 2.63. The summed E-state index contributed by atoms with van der Waals surface area (Å²) >= 11 is 0. The average molecular weight is 159 g/mol. The molecule has 0 bridgehead atoms. The Bertz CT molecular complexity index is 345. The van der Waals surface area contributed by atoms with E-state index in [2.05, 4.69) is 29.4 Å². The van der Waals surface area contributed by atoms with Gasteiger partial charge >= 0.3 is 0 Å². The van der Waals surface area contributed by atoms with E-state index in [1.165, 1.54) is 11.1 Å². The van der Waals surface area contributed by atoms with E-state index in [4.69, 9.17) is 4.84 Å². The molecule has 0 amide bonds. The van der Waals surface area contributed by atoms with Crippen LogP contribution in [-0.2, 0) is 11.3 Å². The molecule has 2 unspecified atom stereocenters. The van der Waals surface area contributed by atoms with Gasteiger partial charge in [0.1, 0.15) is 0 Å². The third-order valence-electron chi connectivity index (χ3n) is 2.63. The lowest BCUT2D eigenvalue weighted by molar-refractivity contribution is 0.0697. The summed E-state index contributed by atoms with van der Waals surface area (Å²) in [5, 5.41) is 3.84. The zero-order valence-corrected chi connectivity index (χ0v) is 6.60. The largest absolute Gasteiger partial charge is 0.387 e. The van der Waals surface area contributed by atoms with Crippen molar-refractivity contribution in [3.8, 4) is 0 Å². The van der Waals surface area contributed by atoms with Crippen LogP contribution in [0.4, 0.5) is 0 Å². The van der Waals surface area contributed by atoms with Crippen LogP contribution in [0.15, 0.2) is 29.4 Å². The average Bonchev–Trinajstić information content (AvgIpc) is 2.62. The van der Waals surface area contributed by atoms with Gasteiger partial charge in [0, 0.05) is 5.92 Å². The molecule has 0 fully saturated rings. The number of hydrogen-bond donors (Lipinski definition) is 0. The zero-order valence-electron chi connectivity index (χ0n) is 6.60. The molecule has 1 aliphatic carbocycles. The Morgan fingerprint density at radius 2 is 2.25 bits per heavy atom. The van der Waals surface area contributed by atoms with Crippen LogP contribution in [0.5, 0.6) is 0 Å². The first-order chi connectivity index (χ1) is 5.95. The third kappa shape index (κ3) is 0.670. The lowest BCUT2D eigenvalue weighted by atomic mass is 10.1. The fourth-order valence-corrected chi connectivity index (χ4v) is 2.03. The second-order valence-electron chi connectivity index (χ2n) is 3.35. The van der Waals surface area contributed by atoms with Gasteiger partial charge in [0.25, 0.3) is 0 Å². The smallest absolute Gasteiger partial charge is 0.161 e. The number of hydrogen-bond acceptors (Lipinski definition) is 2. The van der Waals surface area contributed by atoms with E-state index in [9.17, 15) is 0 Å². The molecule has 0 saturated carbocycles. The highest BCUT2D eigenvalue weighted by Crippen LogP contribution is 2.40. The fraction of sp³-hybridized carbons (Fsp3) is 0.300. The first kappa shape index (κ1) is 6.23. The number of oxime groups is 1. The molecule has 12 heavy (non-hydrogen) atoms. The van der Waals surface area contributed by atoms with Crippen LogP contribution in [-0.4, -0.2) is 6.21 Å². The molecule has 1 aromatic carbocycles. The predicted molar refractivity (Wildman–Crippen MR) is 46.0 cm³/mol. The van der Waals surface area contributed by atoms with E-state index in [-0.39, 0.29) is 6.10 Å². The van der Waals surface area contributed by atoms with Gasteiger partial charge < -0.3 is 4.84 Å². The van der Waals surface area contributed by atoms with Crippen molar-refractivity contribution in [3.05, 3.63) is 35.4 Å². The van der Waals surface area contributed by atoms with Gasteiger partial charge in [-0.2, -0.15) is 0 Å². The summed E-state index contributed by atoms with van der Waals surface area (Å²) in [5.41, 5.74) is 2.73. The lowest BCUT2D eigenvalue weighted by Crippen LogP contribution is -2.02.